The second-order valence-corrected chi connectivity index (χ2v) is 4.67. The summed E-state index contributed by atoms with van der Waals surface area (Å²) in [7, 11) is 0. The molecule has 0 atom stereocenters. The van der Waals surface area contributed by atoms with Crippen molar-refractivity contribution in [2.75, 3.05) is 0 Å². The molecule has 0 bridgehead atoms. The number of alkyl halides is 2. The number of allylic oxidation sites excluding steroid dienone is 2. The quantitative estimate of drug-likeness (QED) is 0.564. The van der Waals surface area contributed by atoms with Gasteiger partial charge in [-0.3, -0.25) is 0 Å². The summed E-state index contributed by atoms with van der Waals surface area (Å²) >= 11 is 16.8. The molecule has 0 nitrogen and oxygen atoms in total. The highest BCUT2D eigenvalue weighted by molar-refractivity contribution is 6.46. The van der Waals surface area contributed by atoms with Crippen LogP contribution in [0.3, 0.4) is 0 Å². The molecule has 0 unspecified atom stereocenters. The van der Waals surface area contributed by atoms with E-state index in [0.29, 0.717) is 5.03 Å². The van der Waals surface area contributed by atoms with Crippen molar-refractivity contribution in [2.24, 2.45) is 5.41 Å². The van der Waals surface area contributed by atoms with Crippen LogP contribution in [0.1, 0.15) is 20.8 Å². The van der Waals surface area contributed by atoms with Crippen molar-refractivity contribution in [3.05, 3.63) is 11.1 Å². The average Bonchev–Trinajstić information content (AvgIpc) is 1.60. The third-order valence-corrected chi connectivity index (χ3v) is 1.93. The van der Waals surface area contributed by atoms with Gasteiger partial charge in [-0.25, -0.2) is 0 Å². The maximum absolute atomic E-state index is 5.84. The normalized spacial score (nSPS) is 14.5. The summed E-state index contributed by atoms with van der Waals surface area (Å²) in [5, 5.41) is 0.697. The van der Waals surface area contributed by atoms with Gasteiger partial charge in [-0.05, 0) is 11.5 Å². The standard InChI is InChI=1S/C7H11Cl3/c1-7(2,3)5(8)4-6(9)10/h4,6H,1-3H3/b5-4-. The highest BCUT2D eigenvalue weighted by Crippen LogP contribution is 2.29. The minimum Gasteiger partial charge on any atom is -0.101 e. The lowest BCUT2D eigenvalue weighted by atomic mass is 9.96. The lowest BCUT2D eigenvalue weighted by molar-refractivity contribution is 0.529. The first kappa shape index (κ1) is 10.6. The molecule has 0 rings (SSSR count). The van der Waals surface area contributed by atoms with Crippen molar-refractivity contribution >= 4 is 34.8 Å². The molecule has 0 fully saturated rings. The SMILES string of the molecule is CC(C)(C)/C(Cl)=C/C(Cl)Cl. The van der Waals surface area contributed by atoms with Gasteiger partial charge in [-0.15, -0.1) is 23.2 Å². The van der Waals surface area contributed by atoms with Crippen molar-refractivity contribution < 1.29 is 0 Å². The predicted octanol–water partition coefficient (Wildman–Crippen LogP) is 3.96. The van der Waals surface area contributed by atoms with Crippen LogP contribution in [0, 0.1) is 5.41 Å². The highest BCUT2D eigenvalue weighted by atomic mass is 35.5. The van der Waals surface area contributed by atoms with Crippen LogP contribution in [0.15, 0.2) is 11.1 Å². The van der Waals surface area contributed by atoms with Crippen LogP contribution in [0.25, 0.3) is 0 Å². The highest BCUT2D eigenvalue weighted by Gasteiger charge is 2.15. The van der Waals surface area contributed by atoms with Crippen LogP contribution in [-0.2, 0) is 0 Å². The van der Waals surface area contributed by atoms with E-state index in [0.717, 1.165) is 0 Å². The van der Waals surface area contributed by atoms with E-state index in [4.69, 9.17) is 34.8 Å². The molecular weight excluding hydrogens is 190 g/mol. The molecule has 3 heteroatoms. The smallest absolute Gasteiger partial charge is 0.101 e. The molecule has 0 radical (unpaired) electrons. The van der Waals surface area contributed by atoms with Gasteiger partial charge in [-0.1, -0.05) is 32.4 Å². The summed E-state index contributed by atoms with van der Waals surface area (Å²) < 4.78 is 0. The lowest BCUT2D eigenvalue weighted by Gasteiger charge is -2.17. The zero-order valence-corrected chi connectivity index (χ0v) is 8.56. The fraction of sp³-hybridized carbons (Fsp3) is 0.714. The van der Waals surface area contributed by atoms with Gasteiger partial charge in [-0.2, -0.15) is 0 Å². The van der Waals surface area contributed by atoms with E-state index < -0.39 is 4.84 Å². The second-order valence-electron chi connectivity index (χ2n) is 3.10. The Morgan fingerprint density at radius 2 is 1.70 bits per heavy atom. The molecule has 10 heavy (non-hydrogen) atoms. The number of hydrogen-bond donors (Lipinski definition) is 0. The minimum atomic E-state index is -0.508. The Bertz CT molecular complexity index is 130. The molecule has 0 heterocycles. The van der Waals surface area contributed by atoms with Gasteiger partial charge in [0.15, 0.2) is 0 Å². The molecule has 0 aliphatic rings. The third-order valence-electron chi connectivity index (χ3n) is 0.989. The molecule has 0 aromatic heterocycles. The van der Waals surface area contributed by atoms with Gasteiger partial charge in [0.2, 0.25) is 0 Å². The van der Waals surface area contributed by atoms with Crippen LogP contribution in [-0.4, -0.2) is 4.84 Å². The predicted molar refractivity (Wildman–Crippen MR) is 48.9 cm³/mol. The summed E-state index contributed by atoms with van der Waals surface area (Å²) in [4.78, 5) is -0.508. The van der Waals surface area contributed by atoms with Crippen molar-refractivity contribution in [3.8, 4) is 0 Å². The Kier molecular flexibility index (Phi) is 4.08. The van der Waals surface area contributed by atoms with Crippen LogP contribution in [0.2, 0.25) is 0 Å². The fourth-order valence-corrected chi connectivity index (χ4v) is 0.868. The molecule has 0 aliphatic carbocycles. The molecule has 0 spiro atoms. The first-order valence-electron chi connectivity index (χ1n) is 3.00. The second kappa shape index (κ2) is 3.85. The van der Waals surface area contributed by atoms with Gasteiger partial charge in [0.25, 0.3) is 0 Å². The topological polar surface area (TPSA) is 0 Å². The molecular formula is C7H11Cl3. The van der Waals surface area contributed by atoms with Crippen molar-refractivity contribution in [1.29, 1.82) is 0 Å². The molecule has 0 aliphatic heterocycles. The summed E-state index contributed by atoms with van der Waals surface area (Å²) in [6.45, 7) is 6.01. The largest absolute Gasteiger partial charge is 0.127 e. The van der Waals surface area contributed by atoms with E-state index in [2.05, 4.69) is 0 Å². The molecule has 0 aromatic rings. The molecule has 60 valence electrons. The zero-order chi connectivity index (χ0) is 8.36. The first-order valence-corrected chi connectivity index (χ1v) is 4.25. The number of rotatable bonds is 1. The van der Waals surface area contributed by atoms with Gasteiger partial charge in [0, 0.05) is 5.03 Å². The van der Waals surface area contributed by atoms with Crippen molar-refractivity contribution in [3.63, 3.8) is 0 Å². The molecule has 0 aromatic carbocycles. The summed E-state index contributed by atoms with van der Waals surface area (Å²) in [6, 6.07) is 0. The molecule has 0 N–H and O–H groups in total. The summed E-state index contributed by atoms with van der Waals surface area (Å²) in [6.07, 6.45) is 1.63. The van der Waals surface area contributed by atoms with E-state index in [-0.39, 0.29) is 5.41 Å². The minimum absolute atomic E-state index is 0.0520. The summed E-state index contributed by atoms with van der Waals surface area (Å²) in [5.41, 5.74) is -0.0520. The number of hydrogen-bond acceptors (Lipinski definition) is 0. The molecule has 0 saturated heterocycles. The van der Waals surface area contributed by atoms with E-state index in [1.807, 2.05) is 20.8 Å². The van der Waals surface area contributed by atoms with Gasteiger partial charge < -0.3 is 0 Å². The molecule has 0 saturated carbocycles. The summed E-state index contributed by atoms with van der Waals surface area (Å²) in [5.74, 6) is 0. The van der Waals surface area contributed by atoms with Crippen LogP contribution >= 0.6 is 34.8 Å². The molecule has 0 amide bonds. The number of halogens is 3. The van der Waals surface area contributed by atoms with Gasteiger partial charge in [0.1, 0.15) is 4.84 Å². The maximum atomic E-state index is 5.84. The van der Waals surface area contributed by atoms with E-state index in [1.54, 1.807) is 6.08 Å². The van der Waals surface area contributed by atoms with E-state index in [1.165, 1.54) is 0 Å². The third kappa shape index (κ3) is 4.43. The van der Waals surface area contributed by atoms with Gasteiger partial charge in [0.05, 0.1) is 0 Å². The van der Waals surface area contributed by atoms with Crippen molar-refractivity contribution in [1.82, 2.24) is 0 Å². The van der Waals surface area contributed by atoms with Crippen LogP contribution in [0.5, 0.6) is 0 Å². The average molecular weight is 202 g/mol. The Labute approximate surface area is 77.1 Å². The van der Waals surface area contributed by atoms with E-state index in [9.17, 15) is 0 Å². The van der Waals surface area contributed by atoms with E-state index >= 15 is 0 Å². The van der Waals surface area contributed by atoms with Crippen LogP contribution in [0.4, 0.5) is 0 Å². The monoisotopic (exact) mass is 200 g/mol. The lowest BCUT2D eigenvalue weighted by Crippen LogP contribution is -2.05. The Morgan fingerprint density at radius 1 is 1.30 bits per heavy atom. The fourth-order valence-electron chi connectivity index (χ4n) is 0.361. The van der Waals surface area contributed by atoms with Gasteiger partial charge >= 0.3 is 0 Å². The first-order chi connectivity index (χ1) is 4.34. The Balaban J connectivity index is 4.20. The zero-order valence-electron chi connectivity index (χ0n) is 6.29. The Hall–Kier alpha value is 0.610. The van der Waals surface area contributed by atoms with Crippen LogP contribution < -0.4 is 0 Å². The Morgan fingerprint density at radius 3 is 1.80 bits per heavy atom. The van der Waals surface area contributed by atoms with Crippen molar-refractivity contribution in [2.45, 2.75) is 25.6 Å². The maximum Gasteiger partial charge on any atom is 0.127 e.